The summed E-state index contributed by atoms with van der Waals surface area (Å²) in [6.45, 7) is 1.90. The van der Waals surface area contributed by atoms with E-state index >= 15 is 0 Å². The van der Waals surface area contributed by atoms with E-state index in [9.17, 15) is 5.11 Å². The summed E-state index contributed by atoms with van der Waals surface area (Å²) in [5.41, 5.74) is 8.21. The third-order valence-electron chi connectivity index (χ3n) is 3.53. The van der Waals surface area contributed by atoms with Gasteiger partial charge in [-0.3, -0.25) is 5.10 Å². The Balaban J connectivity index is 2.00. The number of nitrogens with two attached hydrogens (primary N) is 1. The highest BCUT2D eigenvalue weighted by atomic mass is 35.5. The highest BCUT2D eigenvalue weighted by Crippen LogP contribution is 2.37. The van der Waals surface area contributed by atoms with E-state index in [1.807, 2.05) is 13.0 Å². The summed E-state index contributed by atoms with van der Waals surface area (Å²) >= 11 is 7.78. The topological polar surface area (TPSA) is 114 Å². The molecule has 24 heavy (non-hydrogen) atoms. The van der Waals surface area contributed by atoms with E-state index in [1.165, 1.54) is 11.3 Å². The van der Waals surface area contributed by atoms with Crippen molar-refractivity contribution in [2.45, 2.75) is 6.92 Å². The molecule has 0 aliphatic heterocycles. The summed E-state index contributed by atoms with van der Waals surface area (Å²) in [4.78, 5) is 13.6. The third-order valence-corrected chi connectivity index (χ3v) is 4.75. The van der Waals surface area contributed by atoms with Crippen molar-refractivity contribution in [2.75, 3.05) is 5.73 Å². The van der Waals surface area contributed by atoms with Gasteiger partial charge in [0.15, 0.2) is 5.82 Å². The molecule has 9 heteroatoms. The van der Waals surface area contributed by atoms with Crippen molar-refractivity contribution in [3.05, 3.63) is 34.6 Å². The standard InChI is InChI=1S/C15H11ClN6OS/c1-6-18-5-10(24-6)13-12(21-15(23)14(17)20-13)7-2-8-4-19-22-11(8)9(16)3-7/h2-5H,1H3,(H2,17,20)(H,19,22)(H,21,23). The largest absolute Gasteiger partial charge is 0.491 e. The molecule has 0 bridgehead atoms. The summed E-state index contributed by atoms with van der Waals surface area (Å²) < 4.78 is 0. The van der Waals surface area contributed by atoms with Crippen molar-refractivity contribution in [2.24, 2.45) is 0 Å². The van der Waals surface area contributed by atoms with Gasteiger partial charge < -0.3 is 10.8 Å². The van der Waals surface area contributed by atoms with E-state index < -0.39 is 0 Å². The molecule has 1 aromatic carbocycles. The number of hydrogen-bond acceptors (Lipinski definition) is 7. The minimum Gasteiger partial charge on any atom is -0.491 e. The van der Waals surface area contributed by atoms with Gasteiger partial charge in [0, 0.05) is 17.1 Å². The lowest BCUT2D eigenvalue weighted by Gasteiger charge is -2.09. The van der Waals surface area contributed by atoms with Crippen LogP contribution in [0.5, 0.6) is 5.88 Å². The van der Waals surface area contributed by atoms with Gasteiger partial charge in [0.05, 0.1) is 26.6 Å². The fourth-order valence-corrected chi connectivity index (χ4v) is 3.47. The number of halogens is 1. The number of anilines is 1. The Bertz CT molecular complexity index is 1070. The first-order valence-corrected chi connectivity index (χ1v) is 8.14. The van der Waals surface area contributed by atoms with Gasteiger partial charge in [0.25, 0.3) is 5.88 Å². The SMILES string of the molecule is Cc1ncc(-c2nc(N)c(O)nc2-c2cc(Cl)c3[nH]ncc3c2)s1. The van der Waals surface area contributed by atoms with E-state index in [2.05, 4.69) is 25.1 Å². The number of rotatable bonds is 2. The first-order valence-electron chi connectivity index (χ1n) is 6.95. The number of hydrogen-bond donors (Lipinski definition) is 3. The second kappa shape index (κ2) is 5.43. The first-order chi connectivity index (χ1) is 11.5. The van der Waals surface area contributed by atoms with Crippen molar-refractivity contribution in [1.82, 2.24) is 25.1 Å². The van der Waals surface area contributed by atoms with E-state index in [-0.39, 0.29) is 11.7 Å². The highest BCUT2D eigenvalue weighted by Gasteiger charge is 2.18. The lowest BCUT2D eigenvalue weighted by molar-refractivity contribution is 0.455. The molecule has 0 fully saturated rings. The predicted octanol–water partition coefficient (Wildman–Crippen LogP) is 3.39. The van der Waals surface area contributed by atoms with Gasteiger partial charge in [0.2, 0.25) is 0 Å². The van der Waals surface area contributed by atoms with Crippen LogP contribution >= 0.6 is 22.9 Å². The van der Waals surface area contributed by atoms with Gasteiger partial charge in [-0.2, -0.15) is 5.10 Å². The Morgan fingerprint density at radius 2 is 2.04 bits per heavy atom. The number of H-pyrrole nitrogens is 1. The lowest BCUT2D eigenvalue weighted by atomic mass is 10.1. The zero-order valence-corrected chi connectivity index (χ0v) is 14.0. The number of aryl methyl sites for hydroxylation is 1. The highest BCUT2D eigenvalue weighted by molar-refractivity contribution is 7.15. The number of benzene rings is 1. The number of thiazole rings is 1. The average Bonchev–Trinajstić information content (AvgIpc) is 3.18. The molecule has 0 spiro atoms. The molecule has 0 unspecified atom stereocenters. The van der Waals surface area contributed by atoms with Crippen molar-refractivity contribution in [1.29, 1.82) is 0 Å². The zero-order chi connectivity index (χ0) is 16.8. The van der Waals surface area contributed by atoms with Gasteiger partial charge in [-0.15, -0.1) is 11.3 Å². The normalized spacial score (nSPS) is 11.2. The molecular formula is C15H11ClN6OS. The Labute approximate surface area is 145 Å². The number of aromatic amines is 1. The maximum absolute atomic E-state index is 9.92. The van der Waals surface area contributed by atoms with Gasteiger partial charge >= 0.3 is 0 Å². The molecule has 0 saturated carbocycles. The number of nitrogens with one attached hydrogen (secondary N) is 1. The number of aromatic hydroxyl groups is 1. The zero-order valence-electron chi connectivity index (χ0n) is 12.4. The monoisotopic (exact) mass is 358 g/mol. The molecule has 0 aliphatic carbocycles. The van der Waals surface area contributed by atoms with Gasteiger partial charge in [0.1, 0.15) is 11.4 Å². The number of fused-ring (bicyclic) bond motifs is 1. The molecule has 3 aromatic heterocycles. The van der Waals surface area contributed by atoms with Crippen LogP contribution in [-0.2, 0) is 0 Å². The molecule has 0 amide bonds. The summed E-state index contributed by atoms with van der Waals surface area (Å²) in [6.07, 6.45) is 3.38. The minimum atomic E-state index is -0.321. The van der Waals surface area contributed by atoms with Crippen LogP contribution in [-0.4, -0.2) is 30.3 Å². The smallest absolute Gasteiger partial charge is 0.255 e. The number of aromatic nitrogens is 5. The molecule has 0 atom stereocenters. The molecule has 7 nitrogen and oxygen atoms in total. The van der Waals surface area contributed by atoms with E-state index in [0.29, 0.717) is 22.0 Å². The van der Waals surface area contributed by atoms with Crippen LogP contribution in [0.15, 0.2) is 24.5 Å². The fourth-order valence-electron chi connectivity index (χ4n) is 2.43. The van der Waals surface area contributed by atoms with Crippen molar-refractivity contribution >= 4 is 39.7 Å². The van der Waals surface area contributed by atoms with Crippen LogP contribution in [0.2, 0.25) is 5.02 Å². The Morgan fingerprint density at radius 3 is 2.79 bits per heavy atom. The minimum absolute atomic E-state index is 0.0321. The number of nitrogens with zero attached hydrogens (tertiary/aromatic N) is 4. The molecule has 0 aliphatic rings. The molecule has 0 saturated heterocycles. The summed E-state index contributed by atoms with van der Waals surface area (Å²) in [5.74, 6) is -0.353. The van der Waals surface area contributed by atoms with Crippen LogP contribution < -0.4 is 5.73 Å². The first kappa shape index (κ1) is 14.9. The second-order valence-electron chi connectivity index (χ2n) is 5.17. The van der Waals surface area contributed by atoms with Crippen molar-refractivity contribution in [3.8, 4) is 27.7 Å². The second-order valence-corrected chi connectivity index (χ2v) is 6.81. The van der Waals surface area contributed by atoms with Crippen LogP contribution in [0.1, 0.15) is 5.01 Å². The molecular weight excluding hydrogens is 348 g/mol. The lowest BCUT2D eigenvalue weighted by Crippen LogP contribution is -1.99. The quantitative estimate of drug-likeness (QED) is 0.506. The molecule has 120 valence electrons. The summed E-state index contributed by atoms with van der Waals surface area (Å²) in [5, 5.41) is 19.0. The Morgan fingerprint density at radius 1 is 1.21 bits per heavy atom. The van der Waals surface area contributed by atoms with Crippen molar-refractivity contribution < 1.29 is 5.11 Å². The van der Waals surface area contributed by atoms with E-state index in [1.54, 1.807) is 18.5 Å². The molecule has 4 rings (SSSR count). The Kier molecular flexibility index (Phi) is 3.36. The van der Waals surface area contributed by atoms with E-state index in [4.69, 9.17) is 17.3 Å². The predicted molar refractivity (Wildman–Crippen MR) is 94.1 cm³/mol. The van der Waals surface area contributed by atoms with Gasteiger partial charge in [-0.1, -0.05) is 11.6 Å². The maximum Gasteiger partial charge on any atom is 0.255 e. The molecule has 0 radical (unpaired) electrons. The molecule has 4 aromatic rings. The van der Waals surface area contributed by atoms with E-state index in [0.717, 1.165) is 20.8 Å². The summed E-state index contributed by atoms with van der Waals surface area (Å²) in [6, 6.07) is 3.63. The summed E-state index contributed by atoms with van der Waals surface area (Å²) in [7, 11) is 0. The van der Waals surface area contributed by atoms with Gasteiger partial charge in [-0.05, 0) is 19.1 Å². The van der Waals surface area contributed by atoms with Crippen LogP contribution in [0.3, 0.4) is 0 Å². The maximum atomic E-state index is 9.92. The van der Waals surface area contributed by atoms with Crippen LogP contribution in [0, 0.1) is 6.92 Å². The Hall–Kier alpha value is -2.71. The molecule has 4 N–H and O–H groups in total. The van der Waals surface area contributed by atoms with Crippen LogP contribution in [0.4, 0.5) is 5.82 Å². The van der Waals surface area contributed by atoms with Crippen molar-refractivity contribution in [3.63, 3.8) is 0 Å². The average molecular weight is 359 g/mol. The third kappa shape index (κ3) is 2.36. The van der Waals surface area contributed by atoms with Gasteiger partial charge in [-0.25, -0.2) is 15.0 Å². The fraction of sp³-hybridized carbons (Fsp3) is 0.0667. The van der Waals surface area contributed by atoms with Crippen LogP contribution in [0.25, 0.3) is 32.7 Å². The molecule has 3 heterocycles. The number of nitrogen functional groups attached to an aromatic ring is 1.